The van der Waals surface area contributed by atoms with Gasteiger partial charge in [0, 0.05) is 12.0 Å². The molecule has 1 aromatic heterocycles. The molecule has 2 aromatic rings. The summed E-state index contributed by atoms with van der Waals surface area (Å²) in [5.74, 6) is 2.02. The molecule has 1 aromatic carbocycles. The second-order valence-corrected chi connectivity index (χ2v) is 5.53. The first-order valence-corrected chi connectivity index (χ1v) is 7.88. The van der Waals surface area contributed by atoms with E-state index in [4.69, 9.17) is 9.15 Å². The van der Waals surface area contributed by atoms with E-state index in [1.807, 2.05) is 6.07 Å². The lowest BCUT2D eigenvalue weighted by molar-refractivity contribution is 0.302. The normalized spacial score (nSPS) is 15.9. The number of nitrogens with one attached hydrogen (secondary N) is 1. The Balaban J connectivity index is 1.89. The number of hydrogen-bond donors (Lipinski definition) is 1. The standard InChI is InChI=1S/C18H23NO2/c1-3-17-16(10-11-20-17)18(19-4-2)13-6-5-7-15(12-13)21-14-8-9-14/h5-7,10-12,14,18-19H,3-4,8-9H2,1-2H3. The first kappa shape index (κ1) is 14.2. The third-order valence-corrected chi connectivity index (χ3v) is 3.84. The molecule has 0 spiro atoms. The van der Waals surface area contributed by atoms with E-state index in [1.165, 1.54) is 24.0 Å². The molecule has 0 radical (unpaired) electrons. The molecule has 112 valence electrons. The van der Waals surface area contributed by atoms with E-state index in [2.05, 4.69) is 43.4 Å². The molecule has 0 bridgehead atoms. The van der Waals surface area contributed by atoms with Gasteiger partial charge in [0.15, 0.2) is 0 Å². The molecule has 3 rings (SSSR count). The van der Waals surface area contributed by atoms with Gasteiger partial charge in [-0.15, -0.1) is 0 Å². The monoisotopic (exact) mass is 285 g/mol. The number of furan rings is 1. The molecule has 3 heteroatoms. The van der Waals surface area contributed by atoms with E-state index >= 15 is 0 Å². The van der Waals surface area contributed by atoms with Crippen LogP contribution in [0, 0.1) is 0 Å². The topological polar surface area (TPSA) is 34.4 Å². The van der Waals surface area contributed by atoms with Gasteiger partial charge in [-0.3, -0.25) is 0 Å². The van der Waals surface area contributed by atoms with Crippen molar-refractivity contribution in [3.8, 4) is 5.75 Å². The molecule has 1 fully saturated rings. The zero-order chi connectivity index (χ0) is 14.7. The molecule has 1 aliphatic rings. The van der Waals surface area contributed by atoms with Crippen molar-refractivity contribution in [1.82, 2.24) is 5.32 Å². The van der Waals surface area contributed by atoms with E-state index in [0.29, 0.717) is 6.10 Å². The molecule has 1 heterocycles. The molecular weight excluding hydrogens is 262 g/mol. The van der Waals surface area contributed by atoms with Crippen molar-refractivity contribution >= 4 is 0 Å². The average molecular weight is 285 g/mol. The Labute approximate surface area is 126 Å². The summed E-state index contributed by atoms with van der Waals surface area (Å²) in [4.78, 5) is 0. The Hall–Kier alpha value is -1.74. The third-order valence-electron chi connectivity index (χ3n) is 3.84. The van der Waals surface area contributed by atoms with Crippen LogP contribution in [-0.4, -0.2) is 12.6 Å². The SMILES string of the molecule is CCNC(c1cccc(OC2CC2)c1)c1ccoc1CC. The lowest BCUT2D eigenvalue weighted by Crippen LogP contribution is -2.22. The summed E-state index contributed by atoms with van der Waals surface area (Å²) < 4.78 is 11.5. The highest BCUT2D eigenvalue weighted by Gasteiger charge is 2.24. The quantitative estimate of drug-likeness (QED) is 0.832. The van der Waals surface area contributed by atoms with Crippen molar-refractivity contribution in [1.29, 1.82) is 0 Å². The van der Waals surface area contributed by atoms with Crippen LogP contribution in [0.25, 0.3) is 0 Å². The minimum atomic E-state index is 0.159. The third kappa shape index (κ3) is 3.30. The Morgan fingerprint density at radius 3 is 2.86 bits per heavy atom. The molecule has 1 unspecified atom stereocenters. The van der Waals surface area contributed by atoms with Gasteiger partial charge in [0.25, 0.3) is 0 Å². The fourth-order valence-electron chi connectivity index (χ4n) is 2.65. The number of benzene rings is 1. The van der Waals surface area contributed by atoms with E-state index in [-0.39, 0.29) is 6.04 Å². The molecule has 3 nitrogen and oxygen atoms in total. The van der Waals surface area contributed by atoms with Gasteiger partial charge in [-0.25, -0.2) is 0 Å². The molecule has 1 aliphatic carbocycles. The molecule has 21 heavy (non-hydrogen) atoms. The van der Waals surface area contributed by atoms with Gasteiger partial charge in [-0.2, -0.15) is 0 Å². The summed E-state index contributed by atoms with van der Waals surface area (Å²) in [6, 6.07) is 10.6. The molecule has 0 aliphatic heterocycles. The Morgan fingerprint density at radius 1 is 1.29 bits per heavy atom. The van der Waals surface area contributed by atoms with Crippen molar-refractivity contribution in [3.05, 3.63) is 53.5 Å². The molecule has 0 amide bonds. The Morgan fingerprint density at radius 2 is 2.14 bits per heavy atom. The van der Waals surface area contributed by atoms with Gasteiger partial charge in [0.2, 0.25) is 0 Å². The van der Waals surface area contributed by atoms with E-state index in [0.717, 1.165) is 24.5 Å². The minimum Gasteiger partial charge on any atom is -0.490 e. The van der Waals surface area contributed by atoms with Gasteiger partial charge in [-0.1, -0.05) is 26.0 Å². The van der Waals surface area contributed by atoms with E-state index < -0.39 is 0 Å². The molecule has 0 saturated heterocycles. The Kier molecular flexibility index (Phi) is 4.30. The summed E-state index contributed by atoms with van der Waals surface area (Å²) in [7, 11) is 0. The van der Waals surface area contributed by atoms with Crippen molar-refractivity contribution in [2.45, 2.75) is 45.3 Å². The lowest BCUT2D eigenvalue weighted by Gasteiger charge is -2.19. The maximum atomic E-state index is 5.92. The van der Waals surface area contributed by atoms with Crippen molar-refractivity contribution in [2.24, 2.45) is 0 Å². The zero-order valence-electron chi connectivity index (χ0n) is 12.8. The van der Waals surface area contributed by atoms with Gasteiger partial charge < -0.3 is 14.5 Å². The van der Waals surface area contributed by atoms with Crippen LogP contribution in [0.4, 0.5) is 0 Å². The van der Waals surface area contributed by atoms with Crippen LogP contribution in [0.3, 0.4) is 0 Å². The molecule has 1 N–H and O–H groups in total. The first-order valence-electron chi connectivity index (χ1n) is 7.88. The van der Waals surface area contributed by atoms with Crippen LogP contribution in [0.1, 0.15) is 49.6 Å². The first-order chi connectivity index (χ1) is 10.3. The summed E-state index contributed by atoms with van der Waals surface area (Å²) in [5.41, 5.74) is 2.45. The summed E-state index contributed by atoms with van der Waals surface area (Å²) in [6.07, 6.45) is 5.48. The van der Waals surface area contributed by atoms with Crippen LogP contribution in [0.15, 0.2) is 41.0 Å². The van der Waals surface area contributed by atoms with Crippen LogP contribution in [-0.2, 0) is 6.42 Å². The average Bonchev–Trinajstić information content (AvgIpc) is 3.19. The smallest absolute Gasteiger partial charge is 0.120 e. The van der Waals surface area contributed by atoms with Gasteiger partial charge in [-0.05, 0) is 43.1 Å². The maximum Gasteiger partial charge on any atom is 0.120 e. The second kappa shape index (κ2) is 6.35. The second-order valence-electron chi connectivity index (χ2n) is 5.53. The zero-order valence-corrected chi connectivity index (χ0v) is 12.8. The van der Waals surface area contributed by atoms with Crippen LogP contribution in [0.2, 0.25) is 0 Å². The van der Waals surface area contributed by atoms with Crippen molar-refractivity contribution in [2.75, 3.05) is 6.54 Å². The Bertz CT molecular complexity index is 586. The maximum absolute atomic E-state index is 5.92. The summed E-state index contributed by atoms with van der Waals surface area (Å²) >= 11 is 0. The molecule has 1 atom stereocenters. The number of hydrogen-bond acceptors (Lipinski definition) is 3. The van der Waals surface area contributed by atoms with Crippen molar-refractivity contribution in [3.63, 3.8) is 0 Å². The van der Waals surface area contributed by atoms with Crippen LogP contribution >= 0.6 is 0 Å². The fraction of sp³-hybridized carbons (Fsp3) is 0.444. The predicted molar refractivity (Wildman–Crippen MR) is 83.7 cm³/mol. The molecular formula is C18H23NO2. The van der Waals surface area contributed by atoms with E-state index in [1.54, 1.807) is 6.26 Å². The largest absolute Gasteiger partial charge is 0.490 e. The van der Waals surface area contributed by atoms with Crippen LogP contribution in [0.5, 0.6) is 5.75 Å². The number of aryl methyl sites for hydroxylation is 1. The van der Waals surface area contributed by atoms with Gasteiger partial charge in [0.05, 0.1) is 18.4 Å². The van der Waals surface area contributed by atoms with Gasteiger partial charge in [0.1, 0.15) is 11.5 Å². The highest BCUT2D eigenvalue weighted by Crippen LogP contribution is 2.31. The predicted octanol–water partition coefficient (Wildman–Crippen LogP) is 4.08. The number of ether oxygens (including phenoxy) is 1. The lowest BCUT2D eigenvalue weighted by atomic mass is 9.98. The highest BCUT2D eigenvalue weighted by molar-refractivity contribution is 5.38. The highest BCUT2D eigenvalue weighted by atomic mass is 16.5. The fourth-order valence-corrected chi connectivity index (χ4v) is 2.65. The van der Waals surface area contributed by atoms with Gasteiger partial charge >= 0.3 is 0 Å². The summed E-state index contributed by atoms with van der Waals surface area (Å²) in [5, 5.41) is 3.56. The van der Waals surface area contributed by atoms with Crippen molar-refractivity contribution < 1.29 is 9.15 Å². The van der Waals surface area contributed by atoms with E-state index in [9.17, 15) is 0 Å². The number of rotatable bonds is 7. The minimum absolute atomic E-state index is 0.159. The summed E-state index contributed by atoms with van der Waals surface area (Å²) in [6.45, 7) is 5.16. The van der Waals surface area contributed by atoms with Crippen LogP contribution < -0.4 is 10.1 Å². The molecule has 1 saturated carbocycles.